The zero-order valence-electron chi connectivity index (χ0n) is 23.3. The van der Waals surface area contributed by atoms with E-state index in [0.717, 1.165) is 12.8 Å². The molecule has 0 rings (SSSR count). The smallest absolute Gasteiger partial charge is 0.458 e. The highest BCUT2D eigenvalue weighted by molar-refractivity contribution is 7.48. The van der Waals surface area contributed by atoms with Crippen molar-refractivity contribution in [3.8, 4) is 0 Å². The summed E-state index contributed by atoms with van der Waals surface area (Å²) in [6, 6.07) is 0. The van der Waals surface area contributed by atoms with Crippen LogP contribution in [0, 0.1) is 0 Å². The molecule has 0 saturated heterocycles. The van der Waals surface area contributed by atoms with E-state index in [9.17, 15) is 9.36 Å². The number of likely N-dealkylation sites (N-methyl/N-ethyl adjacent to an activating group) is 1. The maximum atomic E-state index is 12.5. The van der Waals surface area contributed by atoms with Crippen molar-refractivity contribution in [2.75, 3.05) is 54.2 Å². The molecule has 210 valence electrons. The number of carbonyl (C=O) groups excluding carboxylic acids is 1. The number of hydrogen-bond donors (Lipinski definition) is 0. The molecule has 2 unspecified atom stereocenters. The van der Waals surface area contributed by atoms with Gasteiger partial charge in [0.25, 0.3) is 0 Å². The van der Waals surface area contributed by atoms with Crippen molar-refractivity contribution in [3.05, 3.63) is 0 Å². The third kappa shape index (κ3) is 23.6. The van der Waals surface area contributed by atoms with Gasteiger partial charge in [-0.1, -0.05) is 90.4 Å². The fourth-order valence-electron chi connectivity index (χ4n) is 3.62. The van der Waals surface area contributed by atoms with Gasteiger partial charge < -0.3 is 14.4 Å². The van der Waals surface area contributed by atoms with Crippen LogP contribution in [0.15, 0.2) is 0 Å². The first-order valence-electron chi connectivity index (χ1n) is 13.7. The van der Waals surface area contributed by atoms with Gasteiger partial charge in [0.15, 0.2) is 0 Å². The zero-order chi connectivity index (χ0) is 26.2. The van der Waals surface area contributed by atoms with Gasteiger partial charge in [-0.15, -0.1) is 0 Å². The highest BCUT2D eigenvalue weighted by Gasteiger charge is 2.27. The van der Waals surface area contributed by atoms with E-state index in [1.165, 1.54) is 91.1 Å². The Morgan fingerprint density at radius 3 is 1.74 bits per heavy atom. The summed E-state index contributed by atoms with van der Waals surface area (Å²) in [6.45, 7) is 5.02. The van der Waals surface area contributed by atoms with Crippen LogP contribution >= 0.6 is 7.82 Å². The molecule has 35 heavy (non-hydrogen) atoms. The second-order valence-electron chi connectivity index (χ2n) is 9.46. The van der Waals surface area contributed by atoms with Crippen LogP contribution < -0.4 is 0 Å². The molecule has 0 aromatic rings. The molecule has 0 aliphatic heterocycles. The Balaban J connectivity index is 3.82. The molecule has 0 amide bonds. The molecule has 0 saturated carbocycles. The van der Waals surface area contributed by atoms with Crippen molar-refractivity contribution in [1.82, 2.24) is 4.90 Å². The van der Waals surface area contributed by atoms with Crippen molar-refractivity contribution >= 4 is 13.8 Å². The Bertz CT molecular complexity index is 534. The van der Waals surface area contributed by atoms with Crippen molar-refractivity contribution < 1.29 is 32.4 Å². The number of ether oxygens (including phenoxy) is 2. The van der Waals surface area contributed by atoms with E-state index in [1.54, 1.807) is 0 Å². The average Bonchev–Trinajstić information content (AvgIpc) is 2.81. The maximum Gasteiger partial charge on any atom is 0.474 e. The molecule has 0 spiro atoms. The van der Waals surface area contributed by atoms with Gasteiger partial charge in [0.2, 0.25) is 0 Å². The first-order valence-corrected chi connectivity index (χ1v) is 15.1. The lowest BCUT2D eigenvalue weighted by Crippen LogP contribution is -2.28. The molecule has 0 fully saturated rings. The Morgan fingerprint density at radius 1 is 0.771 bits per heavy atom. The van der Waals surface area contributed by atoms with Gasteiger partial charge in [-0.3, -0.25) is 18.4 Å². The topological polar surface area (TPSA) is 83.5 Å². The number of unbranched alkanes of at least 4 members (excludes halogenated alkanes) is 13. The largest absolute Gasteiger partial charge is 0.474 e. The third-order valence-electron chi connectivity index (χ3n) is 5.71. The van der Waals surface area contributed by atoms with Crippen LogP contribution in [0.1, 0.15) is 104 Å². The monoisotopic (exact) mass is 523 g/mol. The van der Waals surface area contributed by atoms with Crippen molar-refractivity contribution in [2.24, 2.45) is 0 Å². The molecule has 0 bridgehead atoms. The molecule has 0 aromatic carbocycles. The van der Waals surface area contributed by atoms with E-state index in [0.29, 0.717) is 13.2 Å². The minimum absolute atomic E-state index is 0.120. The molecule has 0 radical (unpaired) electrons. The van der Waals surface area contributed by atoms with Crippen molar-refractivity contribution in [1.29, 1.82) is 0 Å². The SMILES string of the molecule is CCCCCCCCCCCCCCCCOCC(COP(=O)(OC)OCCN(C)C)OC(C)=O. The lowest BCUT2D eigenvalue weighted by atomic mass is 10.0. The van der Waals surface area contributed by atoms with E-state index in [2.05, 4.69) is 6.92 Å². The summed E-state index contributed by atoms with van der Waals surface area (Å²) in [5.41, 5.74) is 0. The minimum atomic E-state index is -3.70. The summed E-state index contributed by atoms with van der Waals surface area (Å²) in [4.78, 5) is 13.3. The summed E-state index contributed by atoms with van der Waals surface area (Å²) in [7, 11) is 1.33. The Labute approximate surface area is 215 Å². The molecule has 9 heteroatoms. The van der Waals surface area contributed by atoms with Gasteiger partial charge in [-0.2, -0.15) is 0 Å². The van der Waals surface area contributed by atoms with Crippen LogP contribution in [-0.4, -0.2) is 71.2 Å². The summed E-state index contributed by atoms with van der Waals surface area (Å²) >= 11 is 0. The predicted octanol–water partition coefficient (Wildman–Crippen LogP) is 6.77. The summed E-state index contributed by atoms with van der Waals surface area (Å²) in [6.07, 6.45) is 17.7. The predicted molar refractivity (Wildman–Crippen MR) is 142 cm³/mol. The third-order valence-corrected chi connectivity index (χ3v) is 7.12. The van der Waals surface area contributed by atoms with E-state index in [-0.39, 0.29) is 19.8 Å². The molecule has 0 aromatic heterocycles. The van der Waals surface area contributed by atoms with Crippen molar-refractivity contribution in [2.45, 2.75) is 110 Å². The molecule has 2 atom stereocenters. The first kappa shape index (κ1) is 34.5. The number of phosphoric acid groups is 1. The summed E-state index contributed by atoms with van der Waals surface area (Å²) in [5, 5.41) is 0. The Morgan fingerprint density at radius 2 is 1.29 bits per heavy atom. The van der Waals surface area contributed by atoms with Crippen LogP contribution in [0.2, 0.25) is 0 Å². The summed E-state index contributed by atoms with van der Waals surface area (Å²) in [5.74, 6) is -0.445. The quantitative estimate of drug-likeness (QED) is 0.0698. The number of phosphoric ester groups is 1. The molecule has 8 nitrogen and oxygen atoms in total. The van der Waals surface area contributed by atoms with Crippen LogP contribution in [0.25, 0.3) is 0 Å². The molecule has 0 aliphatic rings. The van der Waals surface area contributed by atoms with Gasteiger partial charge in [0, 0.05) is 27.2 Å². The van der Waals surface area contributed by atoms with Crippen LogP contribution in [0.4, 0.5) is 0 Å². The maximum absolute atomic E-state index is 12.5. The number of hydrogen-bond acceptors (Lipinski definition) is 8. The zero-order valence-corrected chi connectivity index (χ0v) is 24.2. The lowest BCUT2D eigenvalue weighted by Gasteiger charge is -2.21. The van der Waals surface area contributed by atoms with E-state index in [4.69, 9.17) is 23.0 Å². The normalized spacial score (nSPS) is 14.2. The second-order valence-corrected chi connectivity index (χ2v) is 11.2. The molecular formula is C26H54NO7P. The molecule has 0 heterocycles. The molecule has 0 N–H and O–H groups in total. The fourth-order valence-corrected chi connectivity index (χ4v) is 4.56. The Hall–Kier alpha value is -0.500. The number of carbonyl (C=O) groups is 1. The van der Waals surface area contributed by atoms with E-state index >= 15 is 0 Å². The molecular weight excluding hydrogens is 469 g/mol. The van der Waals surface area contributed by atoms with E-state index < -0.39 is 19.9 Å². The van der Waals surface area contributed by atoms with Crippen LogP contribution in [0.3, 0.4) is 0 Å². The second kappa shape index (κ2) is 23.9. The van der Waals surface area contributed by atoms with Crippen LogP contribution in [0.5, 0.6) is 0 Å². The van der Waals surface area contributed by atoms with Gasteiger partial charge in [0.05, 0.1) is 19.8 Å². The van der Waals surface area contributed by atoms with Gasteiger partial charge in [-0.25, -0.2) is 4.57 Å². The van der Waals surface area contributed by atoms with Gasteiger partial charge in [0.1, 0.15) is 6.10 Å². The highest BCUT2D eigenvalue weighted by Crippen LogP contribution is 2.48. The number of nitrogens with zero attached hydrogens (tertiary/aromatic N) is 1. The van der Waals surface area contributed by atoms with Gasteiger partial charge >= 0.3 is 13.8 Å². The summed E-state index contributed by atoms with van der Waals surface area (Å²) < 4.78 is 38.9. The molecule has 0 aliphatic carbocycles. The number of esters is 1. The number of rotatable bonds is 26. The minimum Gasteiger partial charge on any atom is -0.458 e. The lowest BCUT2D eigenvalue weighted by molar-refractivity contribution is -0.151. The highest BCUT2D eigenvalue weighted by atomic mass is 31.2. The van der Waals surface area contributed by atoms with Crippen LogP contribution in [-0.2, 0) is 32.4 Å². The van der Waals surface area contributed by atoms with Crippen molar-refractivity contribution in [3.63, 3.8) is 0 Å². The average molecular weight is 524 g/mol. The first-order chi connectivity index (χ1) is 16.8. The Kier molecular flexibility index (Phi) is 23.5. The van der Waals surface area contributed by atoms with Gasteiger partial charge in [-0.05, 0) is 20.5 Å². The fraction of sp³-hybridized carbons (Fsp3) is 0.962. The van der Waals surface area contributed by atoms with E-state index in [1.807, 2.05) is 19.0 Å². The standard InChI is InChI=1S/C26H54NO7P/c1-6-7-8-9-10-11-12-13-14-15-16-17-18-19-21-31-23-26(34-25(2)28)24-33-35(29,30-5)32-22-20-27(3)4/h26H,6-24H2,1-5H3.